The first-order valence-corrected chi connectivity index (χ1v) is 16.7. The van der Waals surface area contributed by atoms with E-state index < -0.39 is 11.7 Å². The van der Waals surface area contributed by atoms with Crippen LogP contribution >= 0.6 is 12.4 Å². The maximum absolute atomic E-state index is 14.3. The summed E-state index contributed by atoms with van der Waals surface area (Å²) in [5.74, 6) is -0.379. The van der Waals surface area contributed by atoms with Gasteiger partial charge < -0.3 is 25.8 Å². The molecule has 254 valence electrons. The number of carbonyl (C=O) groups excluding carboxylic acids is 1. The van der Waals surface area contributed by atoms with Crippen molar-refractivity contribution < 1.29 is 18.7 Å². The van der Waals surface area contributed by atoms with E-state index in [-0.39, 0.29) is 35.9 Å². The molecule has 6 rings (SSSR count). The molecule has 1 aromatic heterocycles. The topological polar surface area (TPSA) is 105 Å². The molecule has 3 heterocycles. The largest absolute Gasteiger partial charge is 0.438 e. The van der Waals surface area contributed by atoms with Gasteiger partial charge in [0.15, 0.2) is 0 Å². The van der Waals surface area contributed by atoms with E-state index in [9.17, 15) is 9.18 Å². The number of piperazine rings is 1. The van der Waals surface area contributed by atoms with Gasteiger partial charge in [-0.1, -0.05) is 30.3 Å². The van der Waals surface area contributed by atoms with Gasteiger partial charge in [0.1, 0.15) is 17.1 Å². The minimum Gasteiger partial charge on any atom is -0.438 e. The van der Waals surface area contributed by atoms with Gasteiger partial charge in [-0.25, -0.2) is 9.37 Å². The fraction of sp³-hybridized carbons (Fsp3) is 0.500. The zero-order chi connectivity index (χ0) is 32.0. The second-order valence-electron chi connectivity index (χ2n) is 13.3. The molecule has 1 saturated carbocycles. The van der Waals surface area contributed by atoms with Gasteiger partial charge in [-0.15, -0.1) is 12.4 Å². The molecule has 0 bridgehead atoms. The Hall–Kier alpha value is -3.12. The molecule has 3 aromatic rings. The van der Waals surface area contributed by atoms with Gasteiger partial charge in [-0.2, -0.15) is 0 Å². The van der Waals surface area contributed by atoms with Crippen LogP contribution in [0.25, 0.3) is 11.1 Å². The number of pyridine rings is 1. The Labute approximate surface area is 283 Å². The molecule has 3 fully saturated rings. The van der Waals surface area contributed by atoms with E-state index >= 15 is 0 Å². The molecule has 1 amide bonds. The maximum atomic E-state index is 14.3. The number of aromatic nitrogens is 1. The molecule has 2 aromatic carbocycles. The Morgan fingerprint density at radius 3 is 2.51 bits per heavy atom. The van der Waals surface area contributed by atoms with E-state index in [2.05, 4.69) is 63.5 Å². The van der Waals surface area contributed by atoms with Crippen LogP contribution < -0.4 is 21.1 Å². The summed E-state index contributed by atoms with van der Waals surface area (Å²) in [6.07, 6.45) is 4.38. The molecule has 0 unspecified atom stereocenters. The Kier molecular flexibility index (Phi) is 12.2. The number of halogens is 2. The highest BCUT2D eigenvalue weighted by molar-refractivity contribution is 5.96. The van der Waals surface area contributed by atoms with Crippen molar-refractivity contribution in [2.45, 2.75) is 76.8 Å². The Morgan fingerprint density at radius 1 is 1.02 bits per heavy atom. The average Bonchev–Trinajstić information content (AvgIpc) is 3.03. The van der Waals surface area contributed by atoms with Crippen molar-refractivity contribution in [2.24, 2.45) is 5.73 Å². The molecule has 11 heteroatoms. The zero-order valence-electron chi connectivity index (χ0n) is 27.4. The minimum absolute atomic E-state index is 0. The molecule has 3 aliphatic rings. The number of hydrogen-bond donors (Lipinski definition) is 3. The SMILES string of the molecule is C[C@@H]1CN(Cc2ccc(-c3cccc(Oc4ncc(F)cc4C(=O)N[C@H]4CC[C@H](N)CC4)c3)c(CN3CCOCC3)c2)C[C@H](C)N1.Cl. The van der Waals surface area contributed by atoms with E-state index in [0.29, 0.717) is 17.8 Å². The lowest BCUT2D eigenvalue weighted by molar-refractivity contribution is 0.0342. The average molecular weight is 667 g/mol. The molecule has 9 nitrogen and oxygen atoms in total. The van der Waals surface area contributed by atoms with Gasteiger partial charge in [0, 0.05) is 63.4 Å². The Balaban J connectivity index is 0.00000433. The molecule has 47 heavy (non-hydrogen) atoms. The highest BCUT2D eigenvalue weighted by Gasteiger charge is 2.24. The molecule has 0 radical (unpaired) electrons. The predicted octanol–water partition coefficient (Wildman–Crippen LogP) is 5.12. The maximum Gasteiger partial charge on any atom is 0.257 e. The number of benzene rings is 2. The molecule has 4 N–H and O–H groups in total. The first-order valence-electron chi connectivity index (χ1n) is 16.7. The van der Waals surface area contributed by atoms with E-state index in [1.165, 1.54) is 17.2 Å². The monoisotopic (exact) mass is 666 g/mol. The quantitative estimate of drug-likeness (QED) is 0.289. The third kappa shape index (κ3) is 9.49. The molecular formula is C36H48ClFN6O3. The van der Waals surface area contributed by atoms with Crippen LogP contribution in [0.15, 0.2) is 54.7 Å². The molecule has 0 spiro atoms. The molecule has 2 aliphatic heterocycles. The highest BCUT2D eigenvalue weighted by atomic mass is 35.5. The van der Waals surface area contributed by atoms with Crippen LogP contribution in [0.2, 0.25) is 0 Å². The number of nitrogens with zero attached hydrogens (tertiary/aromatic N) is 3. The Bertz CT molecular complexity index is 1490. The summed E-state index contributed by atoms with van der Waals surface area (Å²) in [5, 5.41) is 6.65. The summed E-state index contributed by atoms with van der Waals surface area (Å²) >= 11 is 0. The lowest BCUT2D eigenvalue weighted by Gasteiger charge is -2.36. The van der Waals surface area contributed by atoms with Crippen molar-refractivity contribution in [1.29, 1.82) is 0 Å². The van der Waals surface area contributed by atoms with Crippen molar-refractivity contribution in [3.05, 3.63) is 77.2 Å². The summed E-state index contributed by atoms with van der Waals surface area (Å²) in [5.41, 5.74) is 10.8. The fourth-order valence-corrected chi connectivity index (χ4v) is 7.02. The summed E-state index contributed by atoms with van der Waals surface area (Å²) in [6.45, 7) is 11.5. The molecule has 1 aliphatic carbocycles. The van der Waals surface area contributed by atoms with Crippen molar-refractivity contribution >= 4 is 18.3 Å². The number of hydrogen-bond acceptors (Lipinski definition) is 8. The molecular weight excluding hydrogens is 619 g/mol. The minimum atomic E-state index is -0.588. The summed E-state index contributed by atoms with van der Waals surface area (Å²) in [6, 6.07) is 16.9. The number of rotatable bonds is 9. The van der Waals surface area contributed by atoms with Crippen molar-refractivity contribution in [3.63, 3.8) is 0 Å². The van der Waals surface area contributed by atoms with Crippen molar-refractivity contribution in [1.82, 2.24) is 25.4 Å². The van der Waals surface area contributed by atoms with Crippen LogP contribution in [0.4, 0.5) is 4.39 Å². The van der Waals surface area contributed by atoms with Crippen LogP contribution in [-0.2, 0) is 17.8 Å². The number of morpholine rings is 1. The van der Waals surface area contributed by atoms with Crippen molar-refractivity contribution in [2.75, 3.05) is 39.4 Å². The molecule has 2 saturated heterocycles. The first kappa shape index (κ1) is 35.2. The van der Waals surface area contributed by atoms with Gasteiger partial charge in [0.25, 0.3) is 5.91 Å². The van der Waals surface area contributed by atoms with Gasteiger partial charge >= 0.3 is 0 Å². The van der Waals surface area contributed by atoms with Gasteiger partial charge in [0.05, 0.1) is 19.4 Å². The van der Waals surface area contributed by atoms with E-state index in [1.807, 2.05) is 18.2 Å². The van der Waals surface area contributed by atoms with E-state index in [4.69, 9.17) is 15.2 Å². The normalized spacial score (nSPS) is 23.9. The van der Waals surface area contributed by atoms with Crippen LogP contribution in [0.5, 0.6) is 11.6 Å². The van der Waals surface area contributed by atoms with Gasteiger partial charge in [-0.05, 0) is 80.0 Å². The van der Waals surface area contributed by atoms with Gasteiger partial charge in [0.2, 0.25) is 5.88 Å². The summed E-state index contributed by atoms with van der Waals surface area (Å²) in [4.78, 5) is 22.4. The predicted molar refractivity (Wildman–Crippen MR) is 185 cm³/mol. The van der Waals surface area contributed by atoms with Gasteiger partial charge in [-0.3, -0.25) is 14.6 Å². The third-order valence-corrected chi connectivity index (χ3v) is 9.24. The lowest BCUT2D eigenvalue weighted by Crippen LogP contribution is -2.53. The number of nitrogens with two attached hydrogens (primary N) is 1. The number of ether oxygens (including phenoxy) is 2. The zero-order valence-corrected chi connectivity index (χ0v) is 28.2. The van der Waals surface area contributed by atoms with E-state index in [0.717, 1.165) is 95.5 Å². The smallest absolute Gasteiger partial charge is 0.257 e. The summed E-state index contributed by atoms with van der Waals surface area (Å²) < 4.78 is 26.1. The number of nitrogens with one attached hydrogen (secondary N) is 2. The fourth-order valence-electron chi connectivity index (χ4n) is 7.02. The highest BCUT2D eigenvalue weighted by Crippen LogP contribution is 2.32. The van der Waals surface area contributed by atoms with Crippen LogP contribution in [0, 0.1) is 5.82 Å². The van der Waals surface area contributed by atoms with E-state index in [1.54, 1.807) is 0 Å². The molecule has 2 atom stereocenters. The van der Waals surface area contributed by atoms with Crippen LogP contribution in [0.1, 0.15) is 61.0 Å². The number of amides is 1. The van der Waals surface area contributed by atoms with Crippen LogP contribution in [0.3, 0.4) is 0 Å². The first-order chi connectivity index (χ1) is 22.3. The second kappa shape index (κ2) is 16.3. The number of carbonyl (C=O) groups is 1. The van der Waals surface area contributed by atoms with Crippen LogP contribution in [-0.4, -0.2) is 84.3 Å². The second-order valence-corrected chi connectivity index (χ2v) is 13.3. The third-order valence-electron chi connectivity index (χ3n) is 9.24. The summed E-state index contributed by atoms with van der Waals surface area (Å²) in [7, 11) is 0. The standard InChI is InChI=1S/C36H47FN6O3.ClH/c1-24-20-43(21-25(2)40-24)22-26-6-11-33(28(16-26)23-42-12-14-45-15-13-42)27-4-3-5-32(17-27)46-36-34(18-29(37)19-39-36)35(44)41-31-9-7-30(38)8-10-31;/h3-6,11,16-19,24-25,30-31,40H,7-10,12-15,20-23,38H2,1-2H3,(H,41,44);1H/t24-,25+,30-,31-;. The van der Waals surface area contributed by atoms with Crippen molar-refractivity contribution in [3.8, 4) is 22.8 Å². The lowest BCUT2D eigenvalue weighted by atomic mass is 9.91. The Morgan fingerprint density at radius 2 is 1.77 bits per heavy atom.